The second-order valence-corrected chi connectivity index (χ2v) is 2.10. The lowest BCUT2D eigenvalue weighted by Gasteiger charge is -1.84. The van der Waals surface area contributed by atoms with E-state index >= 15 is 0 Å². The minimum absolute atomic E-state index is 1.22. The highest BCUT2D eigenvalue weighted by Gasteiger charge is 1.74. The molecule has 0 saturated carbocycles. The van der Waals surface area contributed by atoms with Crippen LogP contribution in [-0.2, 0) is 0 Å². The molecule has 0 aliphatic heterocycles. The van der Waals surface area contributed by atoms with E-state index in [-0.39, 0.29) is 0 Å². The molecule has 0 atom stereocenters. The Morgan fingerprint density at radius 2 is 2.00 bits per heavy atom. The van der Waals surface area contributed by atoms with Gasteiger partial charge in [-0.25, -0.2) is 0 Å². The van der Waals surface area contributed by atoms with Gasteiger partial charge in [-0.05, 0) is 13.3 Å². The maximum absolute atomic E-state index is 2.21. The molecule has 0 aromatic heterocycles. The summed E-state index contributed by atoms with van der Waals surface area (Å²) in [6, 6.07) is 0. The zero-order valence-electron chi connectivity index (χ0n) is 6.43. The summed E-state index contributed by atoms with van der Waals surface area (Å²) in [4.78, 5) is 0. The highest BCUT2D eigenvalue weighted by atomic mass is 13.8. The first-order chi connectivity index (χ1) is 4.41. The molecule has 0 N–H and O–H groups in total. The molecule has 0 unspecified atom stereocenters. The maximum Gasteiger partial charge on any atom is -0.0348 e. The van der Waals surface area contributed by atoms with E-state index in [4.69, 9.17) is 0 Å². The molecule has 0 spiro atoms. The quantitative estimate of drug-likeness (QED) is 0.398. The molecule has 0 aliphatic carbocycles. The molecular weight excluding hydrogens is 108 g/mol. The first-order valence-corrected chi connectivity index (χ1v) is 3.69. The Bertz CT molecular complexity index is 88.2. The van der Waals surface area contributed by atoms with Crippen molar-refractivity contribution in [3.8, 4) is 0 Å². The van der Waals surface area contributed by atoms with Crippen LogP contribution in [0.2, 0.25) is 0 Å². The molecule has 0 heterocycles. The SMILES string of the molecule is C/C=C\C=C/CCCC. The molecule has 0 fully saturated rings. The third-order valence-corrected chi connectivity index (χ3v) is 1.16. The number of hydrogen-bond acceptors (Lipinski definition) is 0. The Kier molecular flexibility index (Phi) is 7.05. The number of hydrogen-bond donors (Lipinski definition) is 0. The molecule has 0 saturated heterocycles. The summed E-state index contributed by atoms with van der Waals surface area (Å²) >= 11 is 0. The van der Waals surface area contributed by atoms with Crippen LogP contribution < -0.4 is 0 Å². The third-order valence-electron chi connectivity index (χ3n) is 1.16. The molecule has 52 valence electrons. The lowest BCUT2D eigenvalue weighted by Crippen LogP contribution is -1.64. The van der Waals surface area contributed by atoms with Gasteiger partial charge in [-0.3, -0.25) is 0 Å². The lowest BCUT2D eigenvalue weighted by molar-refractivity contribution is 0.815. The topological polar surface area (TPSA) is 0 Å². The highest BCUT2D eigenvalue weighted by molar-refractivity contribution is 5.00. The van der Waals surface area contributed by atoms with Crippen LogP contribution in [0.5, 0.6) is 0 Å². The Balaban J connectivity index is 3.04. The van der Waals surface area contributed by atoms with E-state index in [2.05, 4.69) is 25.2 Å². The molecule has 0 nitrogen and oxygen atoms in total. The fraction of sp³-hybridized carbons (Fsp3) is 0.556. The predicted octanol–water partition coefficient (Wildman–Crippen LogP) is 3.31. The van der Waals surface area contributed by atoms with Crippen molar-refractivity contribution in [3.05, 3.63) is 24.3 Å². The monoisotopic (exact) mass is 124 g/mol. The largest absolute Gasteiger partial charge is 0.0877 e. The first kappa shape index (κ1) is 8.48. The Morgan fingerprint density at radius 3 is 2.56 bits per heavy atom. The van der Waals surface area contributed by atoms with Gasteiger partial charge in [0.1, 0.15) is 0 Å². The van der Waals surface area contributed by atoms with Crippen LogP contribution in [0.3, 0.4) is 0 Å². The van der Waals surface area contributed by atoms with E-state index in [1.165, 1.54) is 19.3 Å². The number of rotatable bonds is 4. The summed E-state index contributed by atoms with van der Waals surface area (Å²) in [6.45, 7) is 4.24. The van der Waals surface area contributed by atoms with Crippen molar-refractivity contribution in [3.63, 3.8) is 0 Å². The van der Waals surface area contributed by atoms with Crippen molar-refractivity contribution in [1.29, 1.82) is 0 Å². The van der Waals surface area contributed by atoms with Gasteiger partial charge in [0.15, 0.2) is 0 Å². The fourth-order valence-corrected chi connectivity index (χ4v) is 0.608. The van der Waals surface area contributed by atoms with Crippen molar-refractivity contribution in [2.24, 2.45) is 0 Å². The van der Waals surface area contributed by atoms with Crippen LogP contribution in [-0.4, -0.2) is 0 Å². The minimum atomic E-state index is 1.22. The summed E-state index contributed by atoms with van der Waals surface area (Å²) < 4.78 is 0. The van der Waals surface area contributed by atoms with Gasteiger partial charge in [0.2, 0.25) is 0 Å². The van der Waals surface area contributed by atoms with Crippen LogP contribution in [0.1, 0.15) is 33.1 Å². The first-order valence-electron chi connectivity index (χ1n) is 3.69. The van der Waals surface area contributed by atoms with Gasteiger partial charge in [0.25, 0.3) is 0 Å². The summed E-state index contributed by atoms with van der Waals surface area (Å²) in [7, 11) is 0. The molecule has 0 bridgehead atoms. The summed E-state index contributed by atoms with van der Waals surface area (Å²) in [6.07, 6.45) is 12.3. The average Bonchev–Trinajstić information content (AvgIpc) is 1.89. The van der Waals surface area contributed by atoms with Crippen molar-refractivity contribution in [2.75, 3.05) is 0 Å². The van der Waals surface area contributed by atoms with Crippen LogP contribution in [0.25, 0.3) is 0 Å². The zero-order chi connectivity index (χ0) is 6.95. The van der Waals surface area contributed by atoms with Crippen molar-refractivity contribution >= 4 is 0 Å². The Morgan fingerprint density at radius 1 is 1.22 bits per heavy atom. The molecule has 0 aromatic carbocycles. The molecule has 0 heteroatoms. The second kappa shape index (κ2) is 7.48. The van der Waals surface area contributed by atoms with Crippen LogP contribution in [0.4, 0.5) is 0 Å². The van der Waals surface area contributed by atoms with Gasteiger partial charge in [-0.15, -0.1) is 0 Å². The van der Waals surface area contributed by atoms with E-state index in [1.807, 2.05) is 13.0 Å². The van der Waals surface area contributed by atoms with Gasteiger partial charge in [-0.1, -0.05) is 44.1 Å². The zero-order valence-corrected chi connectivity index (χ0v) is 6.43. The molecule has 0 aliphatic rings. The van der Waals surface area contributed by atoms with E-state index in [0.29, 0.717) is 0 Å². The Labute approximate surface area is 58.3 Å². The molecule has 9 heavy (non-hydrogen) atoms. The average molecular weight is 124 g/mol. The van der Waals surface area contributed by atoms with E-state index < -0.39 is 0 Å². The van der Waals surface area contributed by atoms with Crippen molar-refractivity contribution in [1.82, 2.24) is 0 Å². The van der Waals surface area contributed by atoms with Crippen LogP contribution >= 0.6 is 0 Å². The molecule has 0 aromatic rings. The van der Waals surface area contributed by atoms with Crippen LogP contribution in [0, 0.1) is 0 Å². The second-order valence-electron chi connectivity index (χ2n) is 2.10. The smallest absolute Gasteiger partial charge is 0.0348 e. The summed E-state index contributed by atoms with van der Waals surface area (Å²) in [5.74, 6) is 0. The minimum Gasteiger partial charge on any atom is -0.0877 e. The van der Waals surface area contributed by atoms with Crippen molar-refractivity contribution < 1.29 is 0 Å². The van der Waals surface area contributed by atoms with Gasteiger partial charge < -0.3 is 0 Å². The number of unbranched alkanes of at least 4 members (excludes halogenated alkanes) is 2. The van der Waals surface area contributed by atoms with E-state index in [1.54, 1.807) is 0 Å². The van der Waals surface area contributed by atoms with E-state index in [0.717, 1.165) is 0 Å². The lowest BCUT2D eigenvalue weighted by atomic mass is 10.2. The van der Waals surface area contributed by atoms with Gasteiger partial charge >= 0.3 is 0 Å². The van der Waals surface area contributed by atoms with Crippen molar-refractivity contribution in [2.45, 2.75) is 33.1 Å². The summed E-state index contributed by atoms with van der Waals surface area (Å²) in [5, 5.41) is 0. The highest BCUT2D eigenvalue weighted by Crippen LogP contribution is 1.94. The van der Waals surface area contributed by atoms with Gasteiger partial charge in [-0.2, -0.15) is 0 Å². The van der Waals surface area contributed by atoms with E-state index in [9.17, 15) is 0 Å². The molecule has 0 rings (SSSR count). The Hall–Kier alpha value is -0.520. The molecular formula is C9H16. The maximum atomic E-state index is 2.21. The normalized spacial score (nSPS) is 11.8. The molecule has 0 amide bonds. The van der Waals surface area contributed by atoms with Gasteiger partial charge in [0.05, 0.1) is 0 Å². The summed E-state index contributed by atoms with van der Waals surface area (Å²) in [5.41, 5.74) is 0. The number of allylic oxidation sites excluding steroid dienone is 4. The third kappa shape index (κ3) is 7.48. The fourth-order valence-electron chi connectivity index (χ4n) is 0.608. The van der Waals surface area contributed by atoms with Gasteiger partial charge in [0, 0.05) is 0 Å². The standard InChI is InChI=1S/C9H16/c1-3-5-7-9-8-6-4-2/h3,5,7,9H,4,6,8H2,1-2H3/b5-3-,9-7-. The van der Waals surface area contributed by atoms with Crippen LogP contribution in [0.15, 0.2) is 24.3 Å². The molecule has 0 radical (unpaired) electrons. The predicted molar refractivity (Wildman–Crippen MR) is 43.5 cm³/mol.